The second-order valence-corrected chi connectivity index (χ2v) is 6.85. The van der Waals surface area contributed by atoms with Crippen LogP contribution in [0.2, 0.25) is 0 Å². The molecule has 0 N–H and O–H groups in total. The van der Waals surface area contributed by atoms with Crippen LogP contribution in [0, 0.1) is 23.2 Å². The Labute approximate surface area is 101 Å². The monoisotopic (exact) mass is 224 g/mol. The van der Waals surface area contributed by atoms with Crippen LogP contribution in [0.1, 0.15) is 66.7 Å². The van der Waals surface area contributed by atoms with Crippen LogP contribution < -0.4 is 0 Å². The minimum Gasteiger partial charge on any atom is -0.299 e. The lowest BCUT2D eigenvalue weighted by Gasteiger charge is -2.32. The summed E-state index contributed by atoms with van der Waals surface area (Å²) in [5.41, 5.74) is -0.145. The van der Waals surface area contributed by atoms with Gasteiger partial charge in [0, 0.05) is 11.8 Å². The molecule has 0 aliphatic heterocycles. The van der Waals surface area contributed by atoms with E-state index in [-0.39, 0.29) is 5.41 Å². The van der Waals surface area contributed by atoms with Crippen LogP contribution in [0.3, 0.4) is 0 Å². The molecule has 1 fully saturated rings. The lowest BCUT2D eigenvalue weighted by atomic mass is 9.73. The summed E-state index contributed by atoms with van der Waals surface area (Å²) >= 11 is 0. The van der Waals surface area contributed by atoms with Crippen molar-refractivity contribution in [2.75, 3.05) is 0 Å². The van der Waals surface area contributed by atoms with Crippen molar-refractivity contribution in [2.24, 2.45) is 23.2 Å². The Morgan fingerprint density at radius 1 is 1.12 bits per heavy atom. The molecule has 0 aromatic heterocycles. The van der Waals surface area contributed by atoms with Gasteiger partial charge >= 0.3 is 0 Å². The van der Waals surface area contributed by atoms with Gasteiger partial charge in [-0.05, 0) is 30.6 Å². The molecule has 3 atom stereocenters. The first-order valence-electron chi connectivity index (χ1n) is 6.84. The zero-order valence-electron chi connectivity index (χ0n) is 11.7. The average Bonchev–Trinajstić information content (AvgIpc) is 2.18. The maximum absolute atomic E-state index is 11.9. The summed E-state index contributed by atoms with van der Waals surface area (Å²) in [7, 11) is 0. The standard InChI is InChI=1S/C15H28O/c1-11-6-7-13(10-12(11)2)8-9-14(16)15(3,4)5/h11-13H,6-10H2,1-5H3. The molecule has 16 heavy (non-hydrogen) atoms. The fraction of sp³-hybridized carbons (Fsp3) is 0.933. The van der Waals surface area contributed by atoms with Gasteiger partial charge in [-0.25, -0.2) is 0 Å². The van der Waals surface area contributed by atoms with E-state index in [1.165, 1.54) is 19.3 Å². The molecule has 1 heteroatoms. The molecule has 1 aliphatic carbocycles. The van der Waals surface area contributed by atoms with E-state index in [1.54, 1.807) is 0 Å². The topological polar surface area (TPSA) is 17.1 Å². The summed E-state index contributed by atoms with van der Waals surface area (Å²) in [6, 6.07) is 0. The van der Waals surface area contributed by atoms with Crippen LogP contribution in [0.25, 0.3) is 0 Å². The molecule has 3 unspecified atom stereocenters. The lowest BCUT2D eigenvalue weighted by Crippen LogP contribution is -2.24. The highest BCUT2D eigenvalue weighted by Gasteiger charge is 2.26. The lowest BCUT2D eigenvalue weighted by molar-refractivity contribution is -0.126. The molecule has 1 aliphatic rings. The SMILES string of the molecule is CC1CCC(CCC(=O)C(C)(C)C)CC1C. The largest absolute Gasteiger partial charge is 0.299 e. The number of hydrogen-bond acceptors (Lipinski definition) is 1. The van der Waals surface area contributed by atoms with E-state index in [9.17, 15) is 4.79 Å². The summed E-state index contributed by atoms with van der Waals surface area (Å²) < 4.78 is 0. The van der Waals surface area contributed by atoms with Crippen LogP contribution in [-0.4, -0.2) is 5.78 Å². The zero-order chi connectivity index (χ0) is 12.3. The number of Topliss-reactive ketones (excluding diaryl/α,β-unsaturated/α-hetero) is 1. The molecule has 1 saturated carbocycles. The Kier molecular flexibility index (Phi) is 4.58. The normalized spacial score (nSPS) is 31.4. The first-order valence-corrected chi connectivity index (χ1v) is 6.84. The Morgan fingerprint density at radius 2 is 1.75 bits per heavy atom. The molecule has 0 spiro atoms. The minimum absolute atomic E-state index is 0.145. The van der Waals surface area contributed by atoms with E-state index in [1.807, 2.05) is 20.8 Å². The van der Waals surface area contributed by atoms with E-state index in [0.29, 0.717) is 5.78 Å². The highest BCUT2D eigenvalue weighted by molar-refractivity contribution is 5.83. The number of carbonyl (C=O) groups excluding carboxylic acids is 1. The molecule has 0 radical (unpaired) electrons. The molecule has 0 aromatic rings. The van der Waals surface area contributed by atoms with Crippen molar-refractivity contribution < 1.29 is 4.79 Å². The van der Waals surface area contributed by atoms with Crippen molar-refractivity contribution in [1.82, 2.24) is 0 Å². The van der Waals surface area contributed by atoms with Gasteiger partial charge in [0.05, 0.1) is 0 Å². The highest BCUT2D eigenvalue weighted by atomic mass is 16.1. The molecular weight excluding hydrogens is 196 g/mol. The van der Waals surface area contributed by atoms with Gasteiger partial charge in [0.25, 0.3) is 0 Å². The third-order valence-corrected chi connectivity index (χ3v) is 4.32. The fourth-order valence-corrected chi connectivity index (χ4v) is 2.63. The van der Waals surface area contributed by atoms with Gasteiger partial charge < -0.3 is 0 Å². The van der Waals surface area contributed by atoms with Gasteiger partial charge in [0.2, 0.25) is 0 Å². The maximum Gasteiger partial charge on any atom is 0.138 e. The van der Waals surface area contributed by atoms with Gasteiger partial charge in [-0.15, -0.1) is 0 Å². The van der Waals surface area contributed by atoms with Gasteiger partial charge in [0.15, 0.2) is 0 Å². The van der Waals surface area contributed by atoms with Crippen LogP contribution in [0.15, 0.2) is 0 Å². The zero-order valence-corrected chi connectivity index (χ0v) is 11.7. The Bertz CT molecular complexity index is 236. The number of ketones is 1. The van der Waals surface area contributed by atoms with Crippen molar-refractivity contribution in [1.29, 1.82) is 0 Å². The van der Waals surface area contributed by atoms with Gasteiger partial charge in [-0.3, -0.25) is 4.79 Å². The maximum atomic E-state index is 11.9. The molecule has 0 bridgehead atoms. The van der Waals surface area contributed by atoms with Crippen molar-refractivity contribution in [2.45, 2.75) is 66.7 Å². The molecule has 0 aromatic carbocycles. The van der Waals surface area contributed by atoms with E-state index in [4.69, 9.17) is 0 Å². The van der Waals surface area contributed by atoms with Gasteiger partial charge in [0.1, 0.15) is 5.78 Å². The molecule has 0 amide bonds. The predicted octanol–water partition coefficient (Wildman–Crippen LogP) is 4.45. The van der Waals surface area contributed by atoms with E-state index in [0.717, 1.165) is 30.6 Å². The third-order valence-electron chi connectivity index (χ3n) is 4.32. The quantitative estimate of drug-likeness (QED) is 0.692. The fourth-order valence-electron chi connectivity index (χ4n) is 2.63. The van der Waals surface area contributed by atoms with Crippen LogP contribution >= 0.6 is 0 Å². The Hall–Kier alpha value is -0.330. The van der Waals surface area contributed by atoms with Gasteiger partial charge in [-0.1, -0.05) is 47.5 Å². The van der Waals surface area contributed by atoms with E-state index >= 15 is 0 Å². The molecule has 1 nitrogen and oxygen atoms in total. The minimum atomic E-state index is -0.145. The predicted molar refractivity (Wildman–Crippen MR) is 69.4 cm³/mol. The smallest absolute Gasteiger partial charge is 0.138 e. The van der Waals surface area contributed by atoms with Crippen LogP contribution in [-0.2, 0) is 4.79 Å². The Morgan fingerprint density at radius 3 is 2.25 bits per heavy atom. The van der Waals surface area contributed by atoms with Crippen LogP contribution in [0.5, 0.6) is 0 Å². The summed E-state index contributed by atoms with van der Waals surface area (Å²) in [4.78, 5) is 11.9. The summed E-state index contributed by atoms with van der Waals surface area (Å²) in [5, 5.41) is 0. The number of hydrogen-bond donors (Lipinski definition) is 0. The van der Waals surface area contributed by atoms with Gasteiger partial charge in [-0.2, -0.15) is 0 Å². The molecular formula is C15H28O. The van der Waals surface area contributed by atoms with Crippen molar-refractivity contribution in [3.8, 4) is 0 Å². The van der Waals surface area contributed by atoms with Crippen molar-refractivity contribution >= 4 is 5.78 Å². The number of rotatable bonds is 3. The average molecular weight is 224 g/mol. The summed E-state index contributed by atoms with van der Waals surface area (Å²) in [6.07, 6.45) is 5.93. The first kappa shape index (κ1) is 13.7. The second-order valence-electron chi connectivity index (χ2n) is 6.85. The molecule has 0 saturated heterocycles. The molecule has 94 valence electrons. The third kappa shape index (κ3) is 3.92. The molecule has 0 heterocycles. The number of carbonyl (C=O) groups is 1. The second kappa shape index (κ2) is 5.33. The summed E-state index contributed by atoms with van der Waals surface area (Å²) in [6.45, 7) is 10.8. The first-order chi connectivity index (χ1) is 7.30. The van der Waals surface area contributed by atoms with Crippen molar-refractivity contribution in [3.05, 3.63) is 0 Å². The van der Waals surface area contributed by atoms with E-state index in [2.05, 4.69) is 13.8 Å². The summed E-state index contributed by atoms with van der Waals surface area (Å²) in [5.74, 6) is 2.97. The van der Waals surface area contributed by atoms with E-state index < -0.39 is 0 Å². The Balaban J connectivity index is 2.32. The van der Waals surface area contributed by atoms with Crippen molar-refractivity contribution in [3.63, 3.8) is 0 Å². The van der Waals surface area contributed by atoms with Crippen LogP contribution in [0.4, 0.5) is 0 Å². The molecule has 1 rings (SSSR count). The highest BCUT2D eigenvalue weighted by Crippen LogP contribution is 2.36.